The Labute approximate surface area is 121 Å². The number of benzene rings is 2. The van der Waals surface area contributed by atoms with Crippen LogP contribution in [0.15, 0.2) is 52.7 Å². The highest BCUT2D eigenvalue weighted by molar-refractivity contribution is 5.48. The average Bonchev–Trinajstić information content (AvgIpc) is 2.36. The maximum atomic E-state index is 4.35. The molecule has 0 bridgehead atoms. The normalized spacial score (nSPS) is 12.1. The highest BCUT2D eigenvalue weighted by Crippen LogP contribution is 2.29. The summed E-state index contributed by atoms with van der Waals surface area (Å²) >= 11 is 0. The van der Waals surface area contributed by atoms with Gasteiger partial charge in [-0.3, -0.25) is 0 Å². The molecule has 0 saturated heterocycles. The van der Waals surface area contributed by atoms with Gasteiger partial charge in [-0.25, -0.2) is 0 Å². The van der Waals surface area contributed by atoms with Crippen LogP contribution in [0.2, 0.25) is 0 Å². The Morgan fingerprint density at radius 2 is 1.50 bits per heavy atom. The van der Waals surface area contributed by atoms with E-state index in [0.29, 0.717) is 0 Å². The van der Waals surface area contributed by atoms with Crippen LogP contribution in [0.25, 0.3) is 0 Å². The lowest BCUT2D eigenvalue weighted by Crippen LogP contribution is -2.12. The van der Waals surface area contributed by atoms with Crippen molar-refractivity contribution < 1.29 is 0 Å². The second kappa shape index (κ2) is 5.58. The van der Waals surface area contributed by atoms with E-state index in [-0.39, 0.29) is 5.41 Å². The summed E-state index contributed by atoms with van der Waals surface area (Å²) in [7, 11) is 0. The van der Waals surface area contributed by atoms with Crippen molar-refractivity contribution in [1.82, 2.24) is 0 Å². The van der Waals surface area contributed by atoms with Crippen LogP contribution < -0.4 is 0 Å². The van der Waals surface area contributed by atoms with E-state index in [4.69, 9.17) is 0 Å². The Bertz CT molecular complexity index is 634. The molecule has 0 radical (unpaired) electrons. The summed E-state index contributed by atoms with van der Waals surface area (Å²) in [6, 6.07) is 14.3. The molecule has 2 rings (SSSR count). The summed E-state index contributed by atoms with van der Waals surface area (Å²) in [6.45, 7) is 10.9. The Balaban J connectivity index is 2.28. The fraction of sp³-hybridized carbons (Fsp3) is 0.333. The summed E-state index contributed by atoms with van der Waals surface area (Å²) in [5.74, 6) is 0. The van der Waals surface area contributed by atoms with Gasteiger partial charge in [0.15, 0.2) is 0 Å². The summed E-state index contributed by atoms with van der Waals surface area (Å²) in [5.41, 5.74) is 5.74. The summed E-state index contributed by atoms with van der Waals surface area (Å²) in [4.78, 5) is 0. The van der Waals surface area contributed by atoms with Gasteiger partial charge < -0.3 is 0 Å². The van der Waals surface area contributed by atoms with E-state index in [1.807, 2.05) is 37.3 Å². The molecule has 0 fully saturated rings. The smallest absolute Gasteiger partial charge is 0.0886 e. The molecule has 2 aromatic rings. The first-order chi connectivity index (χ1) is 9.38. The second-order valence-electron chi connectivity index (χ2n) is 6.24. The molecule has 0 aliphatic heterocycles. The molecule has 0 unspecified atom stereocenters. The first-order valence-electron chi connectivity index (χ1n) is 6.96. The van der Waals surface area contributed by atoms with E-state index in [1.165, 1.54) is 11.1 Å². The van der Waals surface area contributed by atoms with Crippen LogP contribution in [-0.2, 0) is 5.41 Å². The molecule has 104 valence electrons. The molecule has 0 atom stereocenters. The maximum absolute atomic E-state index is 4.35. The van der Waals surface area contributed by atoms with E-state index >= 15 is 0 Å². The molecule has 2 nitrogen and oxygen atoms in total. The first kappa shape index (κ1) is 14.4. The van der Waals surface area contributed by atoms with E-state index in [1.54, 1.807) is 0 Å². The van der Waals surface area contributed by atoms with E-state index < -0.39 is 0 Å². The van der Waals surface area contributed by atoms with Crippen molar-refractivity contribution in [3.63, 3.8) is 0 Å². The third-order valence-corrected chi connectivity index (χ3v) is 3.41. The standard InChI is InChI=1S/C18H22N2/c1-13-8-6-7-9-17(13)20-19-15-10-11-16(14(2)12-15)18(3,4)5/h6-12H,1-5H3. The molecule has 0 aliphatic carbocycles. The summed E-state index contributed by atoms with van der Waals surface area (Å²) in [6.07, 6.45) is 0. The Kier molecular flexibility index (Phi) is 4.03. The molecule has 2 aromatic carbocycles. The van der Waals surface area contributed by atoms with Crippen LogP contribution in [0.5, 0.6) is 0 Å². The van der Waals surface area contributed by atoms with Crippen molar-refractivity contribution in [3.8, 4) is 0 Å². The van der Waals surface area contributed by atoms with Gasteiger partial charge in [0.25, 0.3) is 0 Å². The zero-order chi connectivity index (χ0) is 14.8. The van der Waals surface area contributed by atoms with Crippen molar-refractivity contribution in [2.75, 3.05) is 0 Å². The summed E-state index contributed by atoms with van der Waals surface area (Å²) in [5, 5.41) is 8.68. The van der Waals surface area contributed by atoms with Crippen molar-refractivity contribution in [2.24, 2.45) is 10.2 Å². The molecule has 20 heavy (non-hydrogen) atoms. The van der Waals surface area contributed by atoms with Gasteiger partial charge >= 0.3 is 0 Å². The van der Waals surface area contributed by atoms with Gasteiger partial charge in [0.05, 0.1) is 11.4 Å². The SMILES string of the molecule is Cc1ccccc1N=Nc1ccc(C(C)(C)C)c(C)c1. The molecular formula is C18H22N2. The predicted octanol–water partition coefficient (Wildman–Crippen LogP) is 6.02. The minimum atomic E-state index is 0.162. The average molecular weight is 266 g/mol. The van der Waals surface area contributed by atoms with Gasteiger partial charge in [-0.15, -0.1) is 0 Å². The number of aryl methyl sites for hydroxylation is 2. The molecule has 0 aromatic heterocycles. The number of nitrogens with zero attached hydrogens (tertiary/aromatic N) is 2. The largest absolute Gasteiger partial charge is 0.151 e. The summed E-state index contributed by atoms with van der Waals surface area (Å²) < 4.78 is 0. The lowest BCUT2D eigenvalue weighted by atomic mass is 9.84. The lowest BCUT2D eigenvalue weighted by molar-refractivity contribution is 0.586. The van der Waals surface area contributed by atoms with Crippen molar-refractivity contribution >= 4 is 11.4 Å². The van der Waals surface area contributed by atoms with E-state index in [0.717, 1.165) is 16.9 Å². The fourth-order valence-corrected chi connectivity index (χ4v) is 2.34. The van der Waals surface area contributed by atoms with Crippen molar-refractivity contribution in [3.05, 3.63) is 59.2 Å². The van der Waals surface area contributed by atoms with E-state index in [9.17, 15) is 0 Å². The zero-order valence-corrected chi connectivity index (χ0v) is 12.9. The molecule has 0 spiro atoms. The number of rotatable bonds is 2. The quantitative estimate of drug-likeness (QED) is 0.594. The fourth-order valence-electron chi connectivity index (χ4n) is 2.34. The molecule has 0 aliphatic rings. The van der Waals surface area contributed by atoms with Gasteiger partial charge in [0.2, 0.25) is 0 Å². The topological polar surface area (TPSA) is 24.7 Å². The number of hydrogen-bond donors (Lipinski definition) is 0. The second-order valence-corrected chi connectivity index (χ2v) is 6.24. The van der Waals surface area contributed by atoms with E-state index in [2.05, 4.69) is 50.1 Å². The molecule has 0 N–H and O–H groups in total. The predicted molar refractivity (Wildman–Crippen MR) is 85.2 cm³/mol. The van der Waals surface area contributed by atoms with Gasteiger partial charge in [-0.05, 0) is 54.2 Å². The first-order valence-corrected chi connectivity index (χ1v) is 6.96. The molecule has 2 heteroatoms. The third-order valence-electron chi connectivity index (χ3n) is 3.41. The van der Waals surface area contributed by atoms with Crippen molar-refractivity contribution in [1.29, 1.82) is 0 Å². The van der Waals surface area contributed by atoms with Crippen LogP contribution in [0.4, 0.5) is 11.4 Å². The Morgan fingerprint density at radius 1 is 0.800 bits per heavy atom. The van der Waals surface area contributed by atoms with Crippen LogP contribution in [0.1, 0.15) is 37.5 Å². The van der Waals surface area contributed by atoms with Crippen LogP contribution in [0, 0.1) is 13.8 Å². The zero-order valence-electron chi connectivity index (χ0n) is 12.9. The lowest BCUT2D eigenvalue weighted by Gasteiger charge is -2.21. The van der Waals surface area contributed by atoms with Crippen LogP contribution in [0.3, 0.4) is 0 Å². The maximum Gasteiger partial charge on any atom is 0.0886 e. The van der Waals surface area contributed by atoms with Crippen molar-refractivity contribution in [2.45, 2.75) is 40.0 Å². The monoisotopic (exact) mass is 266 g/mol. The highest BCUT2D eigenvalue weighted by atomic mass is 15.1. The molecule has 0 heterocycles. The van der Waals surface area contributed by atoms with Crippen LogP contribution in [-0.4, -0.2) is 0 Å². The Morgan fingerprint density at radius 3 is 2.10 bits per heavy atom. The van der Waals surface area contributed by atoms with Gasteiger partial charge in [-0.1, -0.05) is 45.0 Å². The minimum absolute atomic E-state index is 0.162. The Hall–Kier alpha value is -1.96. The number of hydrogen-bond acceptors (Lipinski definition) is 2. The minimum Gasteiger partial charge on any atom is -0.151 e. The molecule has 0 amide bonds. The third kappa shape index (κ3) is 3.32. The molecule has 0 saturated carbocycles. The van der Waals surface area contributed by atoms with Gasteiger partial charge in [-0.2, -0.15) is 10.2 Å². The van der Waals surface area contributed by atoms with Gasteiger partial charge in [0.1, 0.15) is 0 Å². The molecular weight excluding hydrogens is 244 g/mol. The number of azo groups is 1. The van der Waals surface area contributed by atoms with Crippen LogP contribution >= 0.6 is 0 Å². The van der Waals surface area contributed by atoms with Gasteiger partial charge in [0, 0.05) is 0 Å². The highest BCUT2D eigenvalue weighted by Gasteiger charge is 2.15.